The molecule has 0 N–H and O–H groups in total. The number of nitrogens with zero attached hydrogens (tertiary/aromatic N) is 1. The summed E-state index contributed by atoms with van der Waals surface area (Å²) in [6.07, 6.45) is 0. The first-order chi connectivity index (χ1) is 12.0. The van der Waals surface area contributed by atoms with Crippen molar-refractivity contribution < 1.29 is 4.79 Å². The minimum atomic E-state index is -0.271. The van der Waals surface area contributed by atoms with Gasteiger partial charge in [0.1, 0.15) is 3.82 Å². The third-order valence-electron chi connectivity index (χ3n) is 4.72. The molecule has 2 aromatic carbocycles. The van der Waals surface area contributed by atoms with Crippen LogP contribution in [0.5, 0.6) is 0 Å². The van der Waals surface area contributed by atoms with E-state index in [4.69, 9.17) is 12.2 Å². The highest BCUT2D eigenvalue weighted by molar-refractivity contribution is 7.80. The van der Waals surface area contributed by atoms with E-state index in [1.165, 1.54) is 10.4 Å². The fourth-order valence-corrected chi connectivity index (χ4v) is 6.68. The molecule has 25 heavy (non-hydrogen) atoms. The van der Waals surface area contributed by atoms with Crippen molar-refractivity contribution in [2.75, 3.05) is 11.4 Å². The van der Waals surface area contributed by atoms with Gasteiger partial charge in [0.05, 0.1) is 17.0 Å². The molecule has 0 aliphatic carbocycles. The molecule has 1 aromatic heterocycles. The summed E-state index contributed by atoms with van der Waals surface area (Å²) in [5, 5.41) is 0. The third kappa shape index (κ3) is 2.67. The molecule has 0 saturated carbocycles. The normalized spacial score (nSPS) is 14.7. The second-order valence-corrected chi connectivity index (χ2v) is 9.43. The third-order valence-corrected chi connectivity index (χ3v) is 8.05. The number of hydrogen-bond donors (Lipinski definition) is 0. The van der Waals surface area contributed by atoms with Crippen molar-refractivity contribution in [3.63, 3.8) is 0 Å². The first-order valence-corrected chi connectivity index (χ1v) is 10.6. The largest absolute Gasteiger partial charge is 0.353 e. The molecule has 0 atom stereocenters. The number of ketones is 1. The molecule has 3 aromatic rings. The molecular formula is C20H17NOS3. The molecule has 2 nitrogen and oxygen atoms in total. The number of hydrogen-bond acceptors (Lipinski definition) is 5. The van der Waals surface area contributed by atoms with Crippen LogP contribution in [-0.4, -0.2) is 12.3 Å². The highest BCUT2D eigenvalue weighted by Crippen LogP contribution is 2.51. The van der Waals surface area contributed by atoms with Crippen LogP contribution < -0.4 is 4.90 Å². The van der Waals surface area contributed by atoms with E-state index in [1.54, 1.807) is 20.7 Å². The minimum absolute atomic E-state index is 0.130. The van der Waals surface area contributed by atoms with Gasteiger partial charge < -0.3 is 4.90 Å². The number of carbonyl (C=O) groups is 1. The Kier molecular flexibility index (Phi) is 4.10. The minimum Gasteiger partial charge on any atom is -0.353 e. The lowest BCUT2D eigenvalue weighted by Gasteiger charge is -2.44. The number of carbonyl (C=O) groups excluding carboxylic acids is 1. The summed E-state index contributed by atoms with van der Waals surface area (Å²) in [5.41, 5.74) is 3.88. The van der Waals surface area contributed by atoms with Gasteiger partial charge in [0.15, 0.2) is 5.78 Å². The molecular weight excluding hydrogens is 366 g/mol. The van der Waals surface area contributed by atoms with Gasteiger partial charge in [-0.1, -0.05) is 81.4 Å². The van der Waals surface area contributed by atoms with Crippen LogP contribution in [0.3, 0.4) is 0 Å². The van der Waals surface area contributed by atoms with Crippen molar-refractivity contribution >= 4 is 44.4 Å². The molecule has 1 aliphatic rings. The van der Waals surface area contributed by atoms with Crippen LogP contribution in [0.2, 0.25) is 0 Å². The lowest BCUT2D eigenvalue weighted by Crippen LogP contribution is -2.46. The molecule has 0 fully saturated rings. The van der Waals surface area contributed by atoms with Crippen LogP contribution in [0, 0.1) is 3.82 Å². The van der Waals surface area contributed by atoms with Gasteiger partial charge in [0.25, 0.3) is 0 Å². The van der Waals surface area contributed by atoms with Gasteiger partial charge >= 0.3 is 0 Å². The number of rotatable bonds is 3. The molecule has 0 bridgehead atoms. The Labute approximate surface area is 159 Å². The van der Waals surface area contributed by atoms with E-state index in [2.05, 4.69) is 30.9 Å². The van der Waals surface area contributed by atoms with Crippen molar-refractivity contribution in [1.29, 1.82) is 0 Å². The summed E-state index contributed by atoms with van der Waals surface area (Å²) >= 11 is 5.60. The molecule has 0 amide bonds. The first-order valence-electron chi connectivity index (χ1n) is 8.09. The molecule has 5 heteroatoms. The molecule has 0 unspecified atom stereocenters. The van der Waals surface area contributed by atoms with Gasteiger partial charge in [-0.2, -0.15) is 0 Å². The van der Waals surface area contributed by atoms with E-state index in [9.17, 15) is 4.79 Å². The predicted octanol–water partition coefficient (Wildman–Crippen LogP) is 6.14. The van der Waals surface area contributed by atoms with E-state index in [1.807, 2.05) is 42.5 Å². The first kappa shape index (κ1) is 16.6. The van der Waals surface area contributed by atoms with Gasteiger partial charge in [0.2, 0.25) is 0 Å². The molecule has 0 spiro atoms. The summed E-state index contributed by atoms with van der Waals surface area (Å²) in [5.74, 6) is 0.130. The maximum Gasteiger partial charge on any atom is 0.182 e. The Morgan fingerprint density at radius 1 is 1.04 bits per heavy atom. The number of anilines is 1. The van der Waals surface area contributed by atoms with Crippen molar-refractivity contribution in [3.05, 3.63) is 68.9 Å². The Morgan fingerprint density at radius 3 is 2.48 bits per heavy atom. The second-order valence-electron chi connectivity index (χ2n) is 6.61. The van der Waals surface area contributed by atoms with E-state index in [0.717, 1.165) is 20.6 Å². The maximum absolute atomic E-state index is 12.9. The van der Waals surface area contributed by atoms with Crippen molar-refractivity contribution in [2.45, 2.75) is 19.4 Å². The molecule has 4 rings (SSSR count). The van der Waals surface area contributed by atoms with Crippen LogP contribution in [0.1, 0.15) is 29.1 Å². The number of fused-ring (bicyclic) bond motifs is 3. The fraction of sp³-hybridized carbons (Fsp3) is 0.200. The fourth-order valence-electron chi connectivity index (χ4n) is 3.38. The zero-order valence-corrected chi connectivity index (χ0v) is 16.4. The summed E-state index contributed by atoms with van der Waals surface area (Å²) in [7, 11) is 3.38. The number of benzene rings is 2. The van der Waals surface area contributed by atoms with Crippen molar-refractivity contribution in [2.24, 2.45) is 0 Å². The molecule has 0 saturated heterocycles. The van der Waals surface area contributed by atoms with Gasteiger partial charge in [-0.25, -0.2) is 0 Å². The van der Waals surface area contributed by atoms with Crippen LogP contribution >= 0.6 is 32.9 Å². The van der Waals surface area contributed by atoms with Gasteiger partial charge in [-0.3, -0.25) is 4.79 Å². The predicted molar refractivity (Wildman–Crippen MR) is 110 cm³/mol. The standard InChI is InChI=1S/C20H17NOS3/c1-20(2)18-17(19(23)25-24-18)14-10-6-7-11-15(14)21(20)12-16(22)13-8-4-3-5-9-13/h3-11H,12H2,1-2H3. The molecule has 126 valence electrons. The maximum atomic E-state index is 12.9. The topological polar surface area (TPSA) is 20.3 Å². The molecule has 1 aliphatic heterocycles. The Bertz CT molecular complexity index is 1000. The Morgan fingerprint density at radius 2 is 1.72 bits per heavy atom. The summed E-state index contributed by atoms with van der Waals surface area (Å²) in [6, 6.07) is 17.8. The number of para-hydroxylation sites is 1. The number of Topliss-reactive ketones (excluding diaryl/α,β-unsaturated/α-hetero) is 1. The summed E-state index contributed by atoms with van der Waals surface area (Å²) in [6.45, 7) is 4.71. The Balaban J connectivity index is 1.83. The van der Waals surface area contributed by atoms with Gasteiger partial charge in [-0.15, -0.1) is 0 Å². The van der Waals surface area contributed by atoms with Crippen molar-refractivity contribution in [1.82, 2.24) is 0 Å². The Hall–Kier alpha value is -1.82. The second kappa shape index (κ2) is 6.16. The average Bonchev–Trinajstić information content (AvgIpc) is 3.02. The summed E-state index contributed by atoms with van der Waals surface area (Å²) < 4.78 is 0.939. The average molecular weight is 384 g/mol. The van der Waals surface area contributed by atoms with E-state index in [-0.39, 0.29) is 11.3 Å². The van der Waals surface area contributed by atoms with Crippen LogP contribution in [0.15, 0.2) is 54.6 Å². The highest BCUT2D eigenvalue weighted by atomic mass is 32.9. The van der Waals surface area contributed by atoms with Crippen LogP contribution in [0.25, 0.3) is 11.1 Å². The van der Waals surface area contributed by atoms with E-state index in [0.29, 0.717) is 6.54 Å². The highest BCUT2D eigenvalue weighted by Gasteiger charge is 2.40. The van der Waals surface area contributed by atoms with E-state index < -0.39 is 0 Å². The lowest BCUT2D eigenvalue weighted by atomic mass is 9.87. The zero-order chi connectivity index (χ0) is 17.6. The van der Waals surface area contributed by atoms with Gasteiger partial charge in [-0.05, 0) is 19.9 Å². The molecule has 2 heterocycles. The smallest absolute Gasteiger partial charge is 0.182 e. The van der Waals surface area contributed by atoms with E-state index >= 15 is 0 Å². The molecule has 0 radical (unpaired) electrons. The van der Waals surface area contributed by atoms with Gasteiger partial charge in [0, 0.05) is 22.4 Å². The SMILES string of the molecule is CC1(C)c2ssc(=S)c2-c2ccccc2N1CC(=O)c1ccccc1. The van der Waals surface area contributed by atoms with Crippen LogP contribution in [0.4, 0.5) is 5.69 Å². The quantitative estimate of drug-likeness (QED) is 0.308. The zero-order valence-electron chi connectivity index (χ0n) is 14.0. The monoisotopic (exact) mass is 383 g/mol. The van der Waals surface area contributed by atoms with Crippen molar-refractivity contribution in [3.8, 4) is 11.1 Å². The lowest BCUT2D eigenvalue weighted by molar-refractivity contribution is 0.0993. The summed E-state index contributed by atoms with van der Waals surface area (Å²) in [4.78, 5) is 16.3. The van der Waals surface area contributed by atoms with Crippen LogP contribution in [-0.2, 0) is 5.54 Å².